The molecule has 0 fully saturated rings. The quantitative estimate of drug-likeness (QED) is 0.493. The summed E-state index contributed by atoms with van der Waals surface area (Å²) < 4.78 is 0. The molecule has 0 aliphatic heterocycles. The normalized spacial score (nSPS) is 9.55. The molecule has 11 heavy (non-hydrogen) atoms. The molecule has 0 bridgehead atoms. The van der Waals surface area contributed by atoms with Crippen molar-refractivity contribution in [3.05, 3.63) is 28.7 Å². The van der Waals surface area contributed by atoms with E-state index < -0.39 is 0 Å². The van der Waals surface area contributed by atoms with Gasteiger partial charge in [-0.3, -0.25) is 0 Å². The number of aliphatic hydroxyl groups is 1. The molecule has 0 amide bonds. The molecule has 0 atom stereocenters. The third-order valence-corrected chi connectivity index (χ3v) is 1.38. The Bertz CT molecular complexity index is 273. The predicted octanol–water partition coefficient (Wildman–Crippen LogP) is 1.16. The highest BCUT2D eigenvalue weighted by atomic mass is 16.3. The van der Waals surface area contributed by atoms with Crippen molar-refractivity contribution in [3.8, 4) is 0 Å². The van der Waals surface area contributed by atoms with Gasteiger partial charge in [0.25, 0.3) is 0 Å². The molecule has 3 N–H and O–H groups in total. The standard InChI is InChI=1S/C7H8N2O2/c8-6-2-1-5(4-10)3-7(6)9-11/h1-3,10H,4,8H2. The van der Waals surface area contributed by atoms with Crippen molar-refractivity contribution in [1.82, 2.24) is 0 Å². The lowest BCUT2D eigenvalue weighted by Crippen LogP contribution is -1.87. The summed E-state index contributed by atoms with van der Waals surface area (Å²) in [5.41, 5.74) is 6.52. The molecule has 0 heterocycles. The van der Waals surface area contributed by atoms with Crippen LogP contribution in [0.15, 0.2) is 23.4 Å². The van der Waals surface area contributed by atoms with Gasteiger partial charge >= 0.3 is 0 Å². The van der Waals surface area contributed by atoms with Crippen molar-refractivity contribution in [2.24, 2.45) is 5.18 Å². The zero-order chi connectivity index (χ0) is 8.27. The maximum absolute atomic E-state index is 10.1. The second-order valence-electron chi connectivity index (χ2n) is 2.14. The smallest absolute Gasteiger partial charge is 0.131 e. The first-order valence-electron chi connectivity index (χ1n) is 3.10. The number of nitroso groups, excluding NO2 is 1. The molecule has 4 nitrogen and oxygen atoms in total. The summed E-state index contributed by atoms with van der Waals surface area (Å²) in [6.45, 7) is -0.108. The van der Waals surface area contributed by atoms with Crippen molar-refractivity contribution >= 4 is 11.4 Å². The Morgan fingerprint density at radius 3 is 2.82 bits per heavy atom. The van der Waals surface area contributed by atoms with Gasteiger partial charge in [-0.25, -0.2) is 0 Å². The number of benzene rings is 1. The minimum Gasteiger partial charge on any atom is -0.397 e. The second-order valence-corrected chi connectivity index (χ2v) is 2.14. The summed E-state index contributed by atoms with van der Waals surface area (Å²) >= 11 is 0. The van der Waals surface area contributed by atoms with Gasteiger partial charge in [0.2, 0.25) is 0 Å². The van der Waals surface area contributed by atoms with Crippen LogP contribution in [0, 0.1) is 4.91 Å². The predicted molar refractivity (Wildman–Crippen MR) is 42.2 cm³/mol. The van der Waals surface area contributed by atoms with E-state index in [0.29, 0.717) is 11.3 Å². The number of nitrogens with zero attached hydrogens (tertiary/aromatic N) is 1. The van der Waals surface area contributed by atoms with Gasteiger partial charge in [0.15, 0.2) is 0 Å². The zero-order valence-electron chi connectivity index (χ0n) is 5.82. The molecular formula is C7H8N2O2. The van der Waals surface area contributed by atoms with E-state index in [1.165, 1.54) is 6.07 Å². The lowest BCUT2D eigenvalue weighted by atomic mass is 10.2. The molecule has 58 valence electrons. The van der Waals surface area contributed by atoms with Crippen LogP contribution < -0.4 is 5.73 Å². The molecule has 1 aromatic rings. The molecule has 0 saturated heterocycles. The summed E-state index contributed by atoms with van der Waals surface area (Å²) in [4.78, 5) is 10.1. The number of nitrogens with two attached hydrogens (primary N) is 1. The molecular weight excluding hydrogens is 144 g/mol. The molecule has 1 rings (SSSR count). The fraction of sp³-hybridized carbons (Fsp3) is 0.143. The van der Waals surface area contributed by atoms with Gasteiger partial charge in [-0.1, -0.05) is 6.07 Å². The van der Waals surface area contributed by atoms with Gasteiger partial charge in [0.1, 0.15) is 5.69 Å². The van der Waals surface area contributed by atoms with Crippen LogP contribution in [0.3, 0.4) is 0 Å². The molecule has 0 saturated carbocycles. The summed E-state index contributed by atoms with van der Waals surface area (Å²) in [6, 6.07) is 4.65. The van der Waals surface area contributed by atoms with Crippen molar-refractivity contribution < 1.29 is 5.11 Å². The molecule has 0 spiro atoms. The Labute approximate surface area is 63.6 Å². The Morgan fingerprint density at radius 2 is 2.27 bits per heavy atom. The van der Waals surface area contributed by atoms with Gasteiger partial charge < -0.3 is 10.8 Å². The first kappa shape index (κ1) is 7.68. The highest BCUT2D eigenvalue weighted by Gasteiger charge is 1.99. The SMILES string of the molecule is Nc1ccc(CO)cc1N=O. The average Bonchev–Trinajstić information content (AvgIpc) is 2.05. The van der Waals surface area contributed by atoms with E-state index in [1.54, 1.807) is 12.1 Å². The summed E-state index contributed by atoms with van der Waals surface area (Å²) in [5, 5.41) is 11.4. The van der Waals surface area contributed by atoms with E-state index >= 15 is 0 Å². The molecule has 0 unspecified atom stereocenters. The third kappa shape index (κ3) is 1.53. The third-order valence-electron chi connectivity index (χ3n) is 1.38. The maximum Gasteiger partial charge on any atom is 0.131 e. The van der Waals surface area contributed by atoms with Crippen molar-refractivity contribution in [1.29, 1.82) is 0 Å². The zero-order valence-corrected chi connectivity index (χ0v) is 5.82. The Kier molecular flexibility index (Phi) is 2.18. The van der Waals surface area contributed by atoms with Crippen LogP contribution in [-0.2, 0) is 6.61 Å². The van der Waals surface area contributed by atoms with Gasteiger partial charge in [-0.15, -0.1) is 4.91 Å². The molecule has 4 heteroatoms. The summed E-state index contributed by atoms with van der Waals surface area (Å²) in [7, 11) is 0. The van der Waals surface area contributed by atoms with Crippen LogP contribution in [-0.4, -0.2) is 5.11 Å². The van der Waals surface area contributed by atoms with Crippen LogP contribution in [0.25, 0.3) is 0 Å². The van der Waals surface area contributed by atoms with E-state index in [4.69, 9.17) is 10.8 Å². The lowest BCUT2D eigenvalue weighted by Gasteiger charge is -1.98. The highest BCUT2D eigenvalue weighted by molar-refractivity contribution is 5.63. The van der Waals surface area contributed by atoms with Gasteiger partial charge in [0.05, 0.1) is 12.3 Å². The number of aliphatic hydroxyl groups excluding tert-OH is 1. The van der Waals surface area contributed by atoms with Crippen molar-refractivity contribution in [3.63, 3.8) is 0 Å². The van der Waals surface area contributed by atoms with Gasteiger partial charge in [-0.05, 0) is 22.9 Å². The van der Waals surface area contributed by atoms with Crippen molar-refractivity contribution in [2.75, 3.05) is 5.73 Å². The number of hydrogen-bond donors (Lipinski definition) is 2. The molecule has 0 radical (unpaired) electrons. The van der Waals surface area contributed by atoms with E-state index in [1.807, 2.05) is 0 Å². The van der Waals surface area contributed by atoms with E-state index in [-0.39, 0.29) is 12.3 Å². The highest BCUT2D eigenvalue weighted by Crippen LogP contribution is 2.22. The van der Waals surface area contributed by atoms with E-state index in [0.717, 1.165) is 0 Å². The molecule has 0 aliphatic carbocycles. The van der Waals surface area contributed by atoms with Crippen LogP contribution in [0.1, 0.15) is 5.56 Å². The molecule has 0 aliphatic rings. The number of anilines is 1. The Hall–Kier alpha value is -1.42. The van der Waals surface area contributed by atoms with Crippen LogP contribution in [0.4, 0.5) is 11.4 Å². The molecule has 0 aromatic heterocycles. The first-order valence-corrected chi connectivity index (χ1v) is 3.10. The maximum atomic E-state index is 10.1. The van der Waals surface area contributed by atoms with Crippen LogP contribution >= 0.6 is 0 Å². The van der Waals surface area contributed by atoms with E-state index in [2.05, 4.69) is 5.18 Å². The minimum atomic E-state index is -0.108. The fourth-order valence-corrected chi connectivity index (χ4v) is 0.767. The summed E-state index contributed by atoms with van der Waals surface area (Å²) in [5.74, 6) is 0. The molecule has 1 aromatic carbocycles. The Balaban J connectivity index is 3.12. The number of rotatable bonds is 2. The summed E-state index contributed by atoms with van der Waals surface area (Å²) in [6.07, 6.45) is 0. The average molecular weight is 152 g/mol. The van der Waals surface area contributed by atoms with Gasteiger partial charge in [-0.2, -0.15) is 0 Å². The van der Waals surface area contributed by atoms with Crippen molar-refractivity contribution in [2.45, 2.75) is 6.61 Å². The fourth-order valence-electron chi connectivity index (χ4n) is 0.767. The minimum absolute atomic E-state index is 0.108. The largest absolute Gasteiger partial charge is 0.397 e. The first-order chi connectivity index (χ1) is 5.27. The van der Waals surface area contributed by atoms with Gasteiger partial charge in [0, 0.05) is 0 Å². The number of hydrogen-bond acceptors (Lipinski definition) is 4. The van der Waals surface area contributed by atoms with Crippen LogP contribution in [0.2, 0.25) is 0 Å². The topological polar surface area (TPSA) is 75.7 Å². The second kappa shape index (κ2) is 3.12. The lowest BCUT2D eigenvalue weighted by molar-refractivity contribution is 0.282. The van der Waals surface area contributed by atoms with E-state index in [9.17, 15) is 4.91 Å². The number of nitrogen functional groups attached to an aromatic ring is 1. The Morgan fingerprint density at radius 1 is 1.55 bits per heavy atom. The monoisotopic (exact) mass is 152 g/mol. The van der Waals surface area contributed by atoms with Crippen LogP contribution in [0.5, 0.6) is 0 Å².